The first-order chi connectivity index (χ1) is 12.7. The lowest BCUT2D eigenvalue weighted by Gasteiger charge is -2.20. The van der Waals surface area contributed by atoms with Crippen LogP contribution in [0, 0.1) is 0 Å². The van der Waals surface area contributed by atoms with Crippen molar-refractivity contribution in [2.24, 2.45) is 0 Å². The van der Waals surface area contributed by atoms with Gasteiger partial charge in [0.25, 0.3) is 5.91 Å². The number of amides is 1. The number of nitrogens with one attached hydrogen (secondary N) is 1. The second-order valence-electron chi connectivity index (χ2n) is 5.42. The molecule has 0 spiro atoms. The SMILES string of the molecule is COc1ccc(C(NC(=O)c2cnc(SC)nc2)c2ccncc2)cc1. The zero-order valence-electron chi connectivity index (χ0n) is 14.4. The molecule has 1 atom stereocenters. The highest BCUT2D eigenvalue weighted by Gasteiger charge is 2.18. The Balaban J connectivity index is 1.88. The summed E-state index contributed by atoms with van der Waals surface area (Å²) in [5.41, 5.74) is 2.28. The van der Waals surface area contributed by atoms with Gasteiger partial charge in [-0.15, -0.1) is 0 Å². The van der Waals surface area contributed by atoms with E-state index in [9.17, 15) is 4.79 Å². The Morgan fingerprint density at radius 1 is 1.04 bits per heavy atom. The van der Waals surface area contributed by atoms with Gasteiger partial charge in [-0.3, -0.25) is 9.78 Å². The second-order valence-corrected chi connectivity index (χ2v) is 6.19. The van der Waals surface area contributed by atoms with Crippen LogP contribution in [0.3, 0.4) is 0 Å². The van der Waals surface area contributed by atoms with E-state index in [2.05, 4.69) is 20.3 Å². The van der Waals surface area contributed by atoms with E-state index in [1.54, 1.807) is 19.5 Å². The quantitative estimate of drug-likeness (QED) is 0.533. The minimum Gasteiger partial charge on any atom is -0.497 e. The van der Waals surface area contributed by atoms with Gasteiger partial charge in [0.05, 0.1) is 18.7 Å². The Morgan fingerprint density at radius 2 is 1.65 bits per heavy atom. The Morgan fingerprint density at radius 3 is 2.23 bits per heavy atom. The third-order valence-electron chi connectivity index (χ3n) is 3.84. The number of hydrogen-bond donors (Lipinski definition) is 1. The summed E-state index contributed by atoms with van der Waals surface area (Å²) in [6.45, 7) is 0. The molecule has 1 N–H and O–H groups in total. The number of carbonyl (C=O) groups excluding carboxylic acids is 1. The Hall–Kier alpha value is -2.93. The smallest absolute Gasteiger partial charge is 0.255 e. The molecule has 0 saturated heterocycles. The molecule has 3 aromatic rings. The van der Waals surface area contributed by atoms with Gasteiger partial charge in [0.1, 0.15) is 5.75 Å². The molecule has 0 radical (unpaired) electrons. The van der Waals surface area contributed by atoms with Crippen LogP contribution in [0.5, 0.6) is 5.75 Å². The van der Waals surface area contributed by atoms with E-state index in [4.69, 9.17) is 4.74 Å². The van der Waals surface area contributed by atoms with E-state index in [1.807, 2.05) is 42.7 Å². The number of rotatable bonds is 6. The molecule has 0 fully saturated rings. The number of methoxy groups -OCH3 is 1. The minimum absolute atomic E-state index is 0.240. The fourth-order valence-electron chi connectivity index (χ4n) is 2.46. The molecule has 7 heteroatoms. The molecule has 0 bridgehead atoms. The number of benzene rings is 1. The Labute approximate surface area is 156 Å². The van der Waals surface area contributed by atoms with Gasteiger partial charge in [0.2, 0.25) is 0 Å². The molecule has 0 aliphatic heterocycles. The third-order valence-corrected chi connectivity index (χ3v) is 4.41. The number of ether oxygens (including phenoxy) is 1. The predicted molar refractivity (Wildman–Crippen MR) is 100 cm³/mol. The van der Waals surface area contributed by atoms with Crippen molar-refractivity contribution in [3.8, 4) is 5.75 Å². The van der Waals surface area contributed by atoms with Crippen molar-refractivity contribution in [2.75, 3.05) is 13.4 Å². The summed E-state index contributed by atoms with van der Waals surface area (Å²) in [4.78, 5) is 25.1. The van der Waals surface area contributed by atoms with E-state index in [1.165, 1.54) is 24.2 Å². The van der Waals surface area contributed by atoms with Gasteiger partial charge in [0.15, 0.2) is 5.16 Å². The molecule has 132 valence electrons. The Kier molecular flexibility index (Phi) is 5.80. The first kappa shape index (κ1) is 17.9. The number of pyridine rings is 1. The first-order valence-electron chi connectivity index (χ1n) is 7.92. The van der Waals surface area contributed by atoms with E-state index >= 15 is 0 Å². The van der Waals surface area contributed by atoms with Crippen LogP contribution in [0.2, 0.25) is 0 Å². The van der Waals surface area contributed by atoms with Gasteiger partial charge in [-0.2, -0.15) is 0 Å². The molecule has 0 aliphatic rings. The molecule has 0 aliphatic carbocycles. The minimum atomic E-state index is -0.323. The summed E-state index contributed by atoms with van der Waals surface area (Å²) in [6.07, 6.45) is 8.36. The number of carbonyl (C=O) groups is 1. The first-order valence-corrected chi connectivity index (χ1v) is 9.14. The predicted octanol–water partition coefficient (Wildman–Crippen LogP) is 3.12. The van der Waals surface area contributed by atoms with Crippen LogP contribution >= 0.6 is 11.8 Å². The molecule has 1 amide bonds. The Bertz CT molecular complexity index is 855. The van der Waals surface area contributed by atoms with E-state index < -0.39 is 0 Å². The number of thioether (sulfide) groups is 1. The van der Waals surface area contributed by atoms with E-state index in [-0.39, 0.29) is 11.9 Å². The summed E-state index contributed by atoms with van der Waals surface area (Å²) >= 11 is 1.43. The van der Waals surface area contributed by atoms with Crippen molar-refractivity contribution < 1.29 is 9.53 Å². The van der Waals surface area contributed by atoms with Crippen molar-refractivity contribution in [3.63, 3.8) is 0 Å². The van der Waals surface area contributed by atoms with E-state index in [0.717, 1.165) is 16.9 Å². The van der Waals surface area contributed by atoms with Crippen molar-refractivity contribution in [3.05, 3.63) is 77.9 Å². The molecule has 1 aromatic carbocycles. The monoisotopic (exact) mass is 366 g/mol. The maximum absolute atomic E-state index is 12.7. The average Bonchev–Trinajstić information content (AvgIpc) is 2.72. The van der Waals surface area contributed by atoms with Gasteiger partial charge >= 0.3 is 0 Å². The number of nitrogens with zero attached hydrogens (tertiary/aromatic N) is 3. The van der Waals surface area contributed by atoms with Gasteiger partial charge < -0.3 is 10.1 Å². The molecule has 2 aromatic heterocycles. The van der Waals surface area contributed by atoms with Crippen LogP contribution in [0.25, 0.3) is 0 Å². The van der Waals surface area contributed by atoms with Crippen molar-refractivity contribution in [2.45, 2.75) is 11.2 Å². The molecular formula is C19H18N4O2S. The largest absolute Gasteiger partial charge is 0.497 e. The van der Waals surface area contributed by atoms with Gasteiger partial charge in [-0.05, 0) is 41.6 Å². The van der Waals surface area contributed by atoms with Gasteiger partial charge in [0, 0.05) is 24.8 Å². The normalized spacial score (nSPS) is 11.6. The van der Waals surface area contributed by atoms with Crippen LogP contribution < -0.4 is 10.1 Å². The summed E-state index contributed by atoms with van der Waals surface area (Å²) < 4.78 is 5.21. The summed E-state index contributed by atoms with van der Waals surface area (Å²) in [5.74, 6) is 0.518. The zero-order chi connectivity index (χ0) is 18.4. The van der Waals surface area contributed by atoms with Crippen LogP contribution in [0.15, 0.2) is 66.3 Å². The molecule has 2 heterocycles. The topological polar surface area (TPSA) is 77.0 Å². The van der Waals surface area contributed by atoms with Gasteiger partial charge in [-0.1, -0.05) is 23.9 Å². The summed E-state index contributed by atoms with van der Waals surface area (Å²) in [6, 6.07) is 11.0. The molecular weight excluding hydrogens is 348 g/mol. The zero-order valence-corrected chi connectivity index (χ0v) is 15.2. The van der Waals surface area contributed by atoms with Crippen LogP contribution in [0.1, 0.15) is 27.5 Å². The average molecular weight is 366 g/mol. The lowest BCUT2D eigenvalue weighted by Crippen LogP contribution is -2.29. The van der Waals surface area contributed by atoms with Gasteiger partial charge in [-0.25, -0.2) is 9.97 Å². The van der Waals surface area contributed by atoms with Crippen molar-refractivity contribution in [1.82, 2.24) is 20.3 Å². The highest BCUT2D eigenvalue weighted by Crippen LogP contribution is 2.24. The highest BCUT2D eigenvalue weighted by atomic mass is 32.2. The van der Waals surface area contributed by atoms with Crippen LogP contribution in [-0.4, -0.2) is 34.2 Å². The van der Waals surface area contributed by atoms with Crippen LogP contribution in [-0.2, 0) is 0 Å². The standard InChI is InChI=1S/C19H18N4O2S/c1-25-16-5-3-13(4-6-16)17(14-7-9-20-10-8-14)23-18(24)15-11-21-19(26-2)22-12-15/h3-12,17H,1-2H3,(H,23,24). The highest BCUT2D eigenvalue weighted by molar-refractivity contribution is 7.98. The maximum atomic E-state index is 12.7. The number of hydrogen-bond acceptors (Lipinski definition) is 6. The second kappa shape index (κ2) is 8.44. The van der Waals surface area contributed by atoms with Crippen LogP contribution in [0.4, 0.5) is 0 Å². The third kappa shape index (κ3) is 4.18. The number of aromatic nitrogens is 3. The molecule has 6 nitrogen and oxygen atoms in total. The van der Waals surface area contributed by atoms with Crippen molar-refractivity contribution >= 4 is 17.7 Å². The molecule has 0 saturated carbocycles. The maximum Gasteiger partial charge on any atom is 0.255 e. The molecule has 26 heavy (non-hydrogen) atoms. The fourth-order valence-corrected chi connectivity index (χ4v) is 2.78. The summed E-state index contributed by atoms with van der Waals surface area (Å²) in [5, 5.41) is 3.67. The fraction of sp³-hybridized carbons (Fsp3) is 0.158. The lowest BCUT2D eigenvalue weighted by atomic mass is 9.99. The molecule has 1 unspecified atom stereocenters. The van der Waals surface area contributed by atoms with Crippen molar-refractivity contribution in [1.29, 1.82) is 0 Å². The lowest BCUT2D eigenvalue weighted by molar-refractivity contribution is 0.0942. The summed E-state index contributed by atoms with van der Waals surface area (Å²) in [7, 11) is 1.62. The van der Waals surface area contributed by atoms with E-state index in [0.29, 0.717) is 10.7 Å². The molecule has 3 rings (SSSR count).